The molecule has 0 bridgehead atoms. The van der Waals surface area contributed by atoms with Gasteiger partial charge in [0.05, 0.1) is 0 Å². The van der Waals surface area contributed by atoms with Gasteiger partial charge in [0.2, 0.25) is 0 Å². The molecule has 1 aromatic rings. The molecule has 0 saturated carbocycles. The number of nitrogens with two attached hydrogens (primary N) is 1. The molecule has 2 N–H and O–H groups in total. The number of benzene rings is 1. The molecular weight excluding hydrogens is 202 g/mol. The van der Waals surface area contributed by atoms with Crippen molar-refractivity contribution in [3.63, 3.8) is 0 Å². The minimum Gasteiger partial charge on any atom is -0.324 e. The van der Waals surface area contributed by atoms with E-state index >= 15 is 0 Å². The number of thioether (sulfide) groups is 1. The molecule has 0 amide bonds. The average molecular weight is 221 g/mol. The maximum Gasteiger partial charge on any atom is 0.0311 e. The highest BCUT2D eigenvalue weighted by molar-refractivity contribution is 7.99. The smallest absolute Gasteiger partial charge is 0.0311 e. The molecule has 15 heavy (non-hydrogen) atoms. The SMILES string of the molecule is Cc1ccc(C)c2c1CSC(C)C[C@@H]2N. The van der Waals surface area contributed by atoms with Gasteiger partial charge in [0.25, 0.3) is 0 Å². The molecule has 2 rings (SSSR count). The summed E-state index contributed by atoms with van der Waals surface area (Å²) in [7, 11) is 0. The molecule has 0 aliphatic carbocycles. The first kappa shape index (κ1) is 11.0. The summed E-state index contributed by atoms with van der Waals surface area (Å²) < 4.78 is 0. The standard InChI is InChI=1S/C13H19NS/c1-8-4-5-9(2)13-11(8)7-15-10(3)6-12(13)14/h4-5,10,12H,6-7,14H2,1-3H3/t10?,12-/m0/s1. The van der Waals surface area contributed by atoms with E-state index in [2.05, 4.69) is 32.9 Å². The normalized spacial score (nSPS) is 25.9. The molecule has 1 heterocycles. The van der Waals surface area contributed by atoms with E-state index in [1.54, 1.807) is 0 Å². The van der Waals surface area contributed by atoms with E-state index in [4.69, 9.17) is 5.73 Å². The quantitative estimate of drug-likeness (QED) is 0.727. The van der Waals surface area contributed by atoms with Gasteiger partial charge in [-0.25, -0.2) is 0 Å². The van der Waals surface area contributed by atoms with E-state index in [1.165, 1.54) is 22.3 Å². The molecule has 1 unspecified atom stereocenters. The van der Waals surface area contributed by atoms with Gasteiger partial charge in [0.15, 0.2) is 0 Å². The summed E-state index contributed by atoms with van der Waals surface area (Å²) in [4.78, 5) is 0. The van der Waals surface area contributed by atoms with Gasteiger partial charge in [-0.3, -0.25) is 0 Å². The lowest BCUT2D eigenvalue weighted by atomic mass is 9.91. The summed E-state index contributed by atoms with van der Waals surface area (Å²) in [6.07, 6.45) is 1.10. The highest BCUT2D eigenvalue weighted by Gasteiger charge is 2.22. The molecule has 0 saturated heterocycles. The van der Waals surface area contributed by atoms with E-state index in [9.17, 15) is 0 Å². The van der Waals surface area contributed by atoms with Gasteiger partial charge >= 0.3 is 0 Å². The summed E-state index contributed by atoms with van der Waals surface area (Å²) >= 11 is 2.03. The van der Waals surface area contributed by atoms with Crippen molar-refractivity contribution in [3.8, 4) is 0 Å². The summed E-state index contributed by atoms with van der Waals surface area (Å²) in [6, 6.07) is 4.65. The zero-order chi connectivity index (χ0) is 11.0. The van der Waals surface area contributed by atoms with Crippen LogP contribution in [0.1, 0.15) is 41.6 Å². The zero-order valence-electron chi connectivity index (χ0n) is 9.71. The number of rotatable bonds is 0. The van der Waals surface area contributed by atoms with Crippen LogP contribution in [0.15, 0.2) is 12.1 Å². The van der Waals surface area contributed by atoms with Gasteiger partial charge in [0.1, 0.15) is 0 Å². The van der Waals surface area contributed by atoms with Crippen LogP contribution in [0, 0.1) is 13.8 Å². The third kappa shape index (κ3) is 2.06. The largest absolute Gasteiger partial charge is 0.324 e. The first-order valence-electron chi connectivity index (χ1n) is 5.55. The van der Waals surface area contributed by atoms with Crippen molar-refractivity contribution >= 4 is 11.8 Å². The van der Waals surface area contributed by atoms with E-state index < -0.39 is 0 Å². The second-order valence-corrected chi connectivity index (χ2v) is 5.98. The van der Waals surface area contributed by atoms with Gasteiger partial charge < -0.3 is 5.73 Å². The van der Waals surface area contributed by atoms with Crippen LogP contribution < -0.4 is 5.73 Å². The van der Waals surface area contributed by atoms with E-state index in [1.807, 2.05) is 11.8 Å². The molecule has 0 radical (unpaired) electrons. The lowest BCUT2D eigenvalue weighted by Gasteiger charge is -2.17. The molecule has 2 heteroatoms. The Bertz CT molecular complexity index is 373. The zero-order valence-corrected chi connectivity index (χ0v) is 10.5. The lowest BCUT2D eigenvalue weighted by molar-refractivity contribution is 0.647. The highest BCUT2D eigenvalue weighted by Crippen LogP contribution is 2.36. The van der Waals surface area contributed by atoms with Gasteiger partial charge in [-0.2, -0.15) is 11.8 Å². The number of fused-ring (bicyclic) bond motifs is 1. The molecular formula is C13H19NS. The Balaban J connectivity index is 2.52. The van der Waals surface area contributed by atoms with Gasteiger partial charge in [-0.1, -0.05) is 19.1 Å². The number of hydrogen-bond acceptors (Lipinski definition) is 2. The maximum absolute atomic E-state index is 6.29. The molecule has 0 fully saturated rings. The average Bonchev–Trinajstić information content (AvgIpc) is 2.32. The van der Waals surface area contributed by atoms with Crippen LogP contribution in [0.4, 0.5) is 0 Å². The predicted octanol–water partition coefficient (Wildman–Crippen LogP) is 3.33. The minimum absolute atomic E-state index is 0.227. The first-order chi connectivity index (χ1) is 7.09. The van der Waals surface area contributed by atoms with Crippen molar-refractivity contribution in [3.05, 3.63) is 34.4 Å². The van der Waals surface area contributed by atoms with Crippen molar-refractivity contribution in [2.45, 2.75) is 44.2 Å². The summed E-state index contributed by atoms with van der Waals surface area (Å²) in [5.41, 5.74) is 11.9. The summed E-state index contributed by atoms with van der Waals surface area (Å²) in [6.45, 7) is 6.65. The third-order valence-corrected chi connectivity index (χ3v) is 4.49. The molecule has 1 aliphatic heterocycles. The fourth-order valence-electron chi connectivity index (χ4n) is 2.37. The van der Waals surface area contributed by atoms with Crippen molar-refractivity contribution in [2.75, 3.05) is 0 Å². The number of hydrogen-bond donors (Lipinski definition) is 1. The lowest BCUT2D eigenvalue weighted by Crippen LogP contribution is -2.15. The van der Waals surface area contributed by atoms with Crippen LogP contribution in [0.3, 0.4) is 0 Å². The fourth-order valence-corrected chi connectivity index (χ4v) is 3.55. The maximum atomic E-state index is 6.29. The van der Waals surface area contributed by atoms with E-state index in [0.29, 0.717) is 5.25 Å². The van der Waals surface area contributed by atoms with Crippen LogP contribution in [0.25, 0.3) is 0 Å². The topological polar surface area (TPSA) is 26.0 Å². The van der Waals surface area contributed by atoms with Crippen LogP contribution >= 0.6 is 11.8 Å². The van der Waals surface area contributed by atoms with Gasteiger partial charge in [-0.05, 0) is 42.5 Å². The first-order valence-corrected chi connectivity index (χ1v) is 6.60. The molecule has 82 valence electrons. The van der Waals surface area contributed by atoms with Crippen LogP contribution in [-0.2, 0) is 5.75 Å². The van der Waals surface area contributed by atoms with Gasteiger partial charge in [-0.15, -0.1) is 0 Å². The van der Waals surface area contributed by atoms with Crippen molar-refractivity contribution in [1.29, 1.82) is 0 Å². The summed E-state index contributed by atoms with van der Waals surface area (Å²) in [5.74, 6) is 1.12. The molecule has 1 aliphatic rings. The molecule has 1 aromatic carbocycles. The van der Waals surface area contributed by atoms with Crippen molar-refractivity contribution < 1.29 is 0 Å². The molecule has 1 nitrogen and oxygen atoms in total. The van der Waals surface area contributed by atoms with Gasteiger partial charge in [0, 0.05) is 17.0 Å². The summed E-state index contributed by atoms with van der Waals surface area (Å²) in [5, 5.41) is 0.672. The van der Waals surface area contributed by atoms with E-state index in [0.717, 1.165) is 12.2 Å². The van der Waals surface area contributed by atoms with Crippen LogP contribution in [-0.4, -0.2) is 5.25 Å². The second-order valence-electron chi connectivity index (χ2n) is 4.56. The monoisotopic (exact) mass is 221 g/mol. The minimum atomic E-state index is 0.227. The van der Waals surface area contributed by atoms with Crippen molar-refractivity contribution in [1.82, 2.24) is 0 Å². The van der Waals surface area contributed by atoms with Crippen LogP contribution in [0.5, 0.6) is 0 Å². The second kappa shape index (κ2) is 4.18. The highest BCUT2D eigenvalue weighted by atomic mass is 32.2. The number of aryl methyl sites for hydroxylation is 2. The van der Waals surface area contributed by atoms with Crippen LogP contribution in [0.2, 0.25) is 0 Å². The third-order valence-electron chi connectivity index (χ3n) is 3.28. The Hall–Kier alpha value is -0.470. The Morgan fingerprint density at radius 1 is 1.27 bits per heavy atom. The Morgan fingerprint density at radius 3 is 2.67 bits per heavy atom. The molecule has 2 atom stereocenters. The van der Waals surface area contributed by atoms with E-state index in [-0.39, 0.29) is 6.04 Å². The fraction of sp³-hybridized carbons (Fsp3) is 0.538. The Kier molecular flexibility index (Phi) is 3.08. The molecule has 0 aromatic heterocycles. The van der Waals surface area contributed by atoms with Crippen molar-refractivity contribution in [2.24, 2.45) is 5.73 Å². The predicted molar refractivity (Wildman–Crippen MR) is 68.2 cm³/mol. The molecule has 0 spiro atoms. The Morgan fingerprint density at radius 2 is 1.93 bits per heavy atom. The Labute approximate surface area is 96.4 Å².